The molecule has 0 aliphatic rings. The maximum absolute atomic E-state index is 10.7. The molecule has 84 valence electrons. The zero-order chi connectivity index (χ0) is 11.6. The zero-order valence-corrected chi connectivity index (χ0v) is 9.04. The van der Waals surface area contributed by atoms with Gasteiger partial charge >= 0.3 is 6.09 Å². The number of alkyl carbamates (subject to hydrolysis) is 1. The Hall–Kier alpha value is -1.13. The van der Waals surface area contributed by atoms with E-state index in [1.807, 2.05) is 13.8 Å². The topological polar surface area (TPSA) is 55.4 Å². The van der Waals surface area contributed by atoms with Crippen molar-refractivity contribution in [1.82, 2.24) is 5.32 Å². The van der Waals surface area contributed by atoms with Crippen LogP contribution >= 0.6 is 0 Å². The molecule has 0 rings (SSSR count). The summed E-state index contributed by atoms with van der Waals surface area (Å²) in [5.74, 6) is 0.140. The Balaban J connectivity index is 0. The largest absolute Gasteiger partial charge is 0.453 e. The lowest BCUT2D eigenvalue weighted by Gasteiger charge is -2.17. The van der Waals surface area contributed by atoms with Crippen LogP contribution in [0.25, 0.3) is 0 Å². The maximum atomic E-state index is 10.7. The van der Waals surface area contributed by atoms with Crippen molar-refractivity contribution in [3.63, 3.8) is 0 Å². The summed E-state index contributed by atoms with van der Waals surface area (Å²) < 4.78 is 13.9. The molecule has 0 aliphatic carbocycles. The van der Waals surface area contributed by atoms with Crippen LogP contribution in [0.1, 0.15) is 20.3 Å². The number of carbonyl (C=O) groups is 2. The fraction of sp³-hybridized carbons (Fsp3) is 0.778. The van der Waals surface area contributed by atoms with E-state index < -0.39 is 12.1 Å². The number of amides is 1. The molecular formula is C9H18FNO3. The maximum Gasteiger partial charge on any atom is 0.407 e. The van der Waals surface area contributed by atoms with E-state index in [-0.39, 0.29) is 5.92 Å². The number of methoxy groups -OCH3 is 1. The lowest BCUT2D eigenvalue weighted by molar-refractivity contribution is -0.110. The van der Waals surface area contributed by atoms with Crippen LogP contribution in [-0.2, 0) is 9.53 Å². The SMILES string of the molecule is CCC(C)C(C=O)NC(=O)OC.CF. The second-order valence-electron chi connectivity index (χ2n) is 2.68. The number of alkyl halides is 1. The van der Waals surface area contributed by atoms with Crippen molar-refractivity contribution in [2.24, 2.45) is 5.92 Å². The first-order valence-corrected chi connectivity index (χ1v) is 4.33. The molecule has 1 N–H and O–H groups in total. The molecule has 0 aromatic heterocycles. The van der Waals surface area contributed by atoms with Gasteiger partial charge < -0.3 is 14.8 Å². The van der Waals surface area contributed by atoms with Crippen LogP contribution < -0.4 is 5.32 Å². The Morgan fingerprint density at radius 3 is 2.36 bits per heavy atom. The molecule has 0 aromatic rings. The first kappa shape index (κ1) is 15.3. The standard InChI is InChI=1S/C8H15NO3.CH3F/c1-4-6(2)7(5-10)9-8(11)12-3;1-2/h5-7H,4H2,1-3H3,(H,9,11);1H3. The normalized spacial score (nSPS) is 12.9. The van der Waals surface area contributed by atoms with Gasteiger partial charge in [-0.2, -0.15) is 0 Å². The van der Waals surface area contributed by atoms with Crippen LogP contribution in [0.15, 0.2) is 0 Å². The van der Waals surface area contributed by atoms with Gasteiger partial charge in [-0.1, -0.05) is 20.3 Å². The lowest BCUT2D eigenvalue weighted by atomic mass is 10.0. The predicted molar refractivity (Wildman–Crippen MR) is 51.9 cm³/mol. The van der Waals surface area contributed by atoms with E-state index in [0.29, 0.717) is 7.18 Å². The minimum absolute atomic E-state index is 0.140. The number of rotatable bonds is 4. The molecule has 0 saturated heterocycles. The Kier molecular flexibility index (Phi) is 10.9. The molecule has 0 bridgehead atoms. The molecule has 2 unspecified atom stereocenters. The highest BCUT2D eigenvalue weighted by Gasteiger charge is 2.16. The predicted octanol–water partition coefficient (Wildman–Crippen LogP) is 1.54. The van der Waals surface area contributed by atoms with E-state index in [4.69, 9.17) is 0 Å². The van der Waals surface area contributed by atoms with Gasteiger partial charge in [-0.05, 0) is 5.92 Å². The molecule has 1 amide bonds. The number of ether oxygens (including phenoxy) is 1. The van der Waals surface area contributed by atoms with Crippen LogP contribution in [0.5, 0.6) is 0 Å². The molecule has 4 nitrogen and oxygen atoms in total. The van der Waals surface area contributed by atoms with Gasteiger partial charge in [0.2, 0.25) is 0 Å². The van der Waals surface area contributed by atoms with Gasteiger partial charge in [-0.15, -0.1) is 0 Å². The summed E-state index contributed by atoms with van der Waals surface area (Å²) in [4.78, 5) is 21.2. The minimum atomic E-state index is -0.563. The molecule has 0 fully saturated rings. The van der Waals surface area contributed by atoms with E-state index in [1.165, 1.54) is 7.11 Å². The summed E-state index contributed by atoms with van der Waals surface area (Å²) in [6, 6.07) is -0.442. The Bertz CT molecular complexity index is 164. The van der Waals surface area contributed by atoms with E-state index in [0.717, 1.165) is 12.7 Å². The quantitative estimate of drug-likeness (QED) is 0.711. The average molecular weight is 207 g/mol. The molecular weight excluding hydrogens is 189 g/mol. The Morgan fingerprint density at radius 1 is 1.57 bits per heavy atom. The van der Waals surface area contributed by atoms with Gasteiger partial charge in [0.25, 0.3) is 0 Å². The van der Waals surface area contributed by atoms with Crippen molar-refractivity contribution in [2.75, 3.05) is 14.3 Å². The smallest absolute Gasteiger partial charge is 0.407 e. The van der Waals surface area contributed by atoms with Crippen molar-refractivity contribution in [3.05, 3.63) is 0 Å². The highest BCUT2D eigenvalue weighted by atomic mass is 19.1. The van der Waals surface area contributed by atoms with Crippen molar-refractivity contribution in [1.29, 1.82) is 0 Å². The monoisotopic (exact) mass is 207 g/mol. The lowest BCUT2D eigenvalue weighted by Crippen LogP contribution is -2.40. The fourth-order valence-electron chi connectivity index (χ4n) is 0.759. The number of hydrogen-bond acceptors (Lipinski definition) is 3. The Morgan fingerprint density at radius 2 is 2.07 bits per heavy atom. The molecule has 14 heavy (non-hydrogen) atoms. The van der Waals surface area contributed by atoms with Crippen molar-refractivity contribution in [3.8, 4) is 0 Å². The van der Waals surface area contributed by atoms with Gasteiger partial charge in [0, 0.05) is 0 Å². The third kappa shape index (κ3) is 6.39. The molecule has 0 aromatic carbocycles. The van der Waals surface area contributed by atoms with Gasteiger partial charge in [0.1, 0.15) is 6.29 Å². The molecule has 0 aliphatic heterocycles. The van der Waals surface area contributed by atoms with E-state index in [2.05, 4.69) is 10.1 Å². The van der Waals surface area contributed by atoms with Crippen molar-refractivity contribution >= 4 is 12.4 Å². The number of aldehydes is 1. The zero-order valence-electron chi connectivity index (χ0n) is 9.04. The minimum Gasteiger partial charge on any atom is -0.453 e. The number of carbonyl (C=O) groups excluding carboxylic acids is 2. The molecule has 0 saturated carbocycles. The third-order valence-electron chi connectivity index (χ3n) is 1.87. The van der Waals surface area contributed by atoms with Crippen molar-refractivity contribution in [2.45, 2.75) is 26.3 Å². The molecule has 0 radical (unpaired) electrons. The first-order chi connectivity index (χ1) is 6.65. The van der Waals surface area contributed by atoms with Crippen LogP contribution in [0.3, 0.4) is 0 Å². The van der Waals surface area contributed by atoms with E-state index in [9.17, 15) is 14.0 Å². The summed E-state index contributed by atoms with van der Waals surface area (Å²) in [5.41, 5.74) is 0. The molecule has 5 heteroatoms. The van der Waals surface area contributed by atoms with Crippen LogP contribution in [0.4, 0.5) is 9.18 Å². The Labute approximate surface area is 83.8 Å². The van der Waals surface area contributed by atoms with Crippen molar-refractivity contribution < 1.29 is 18.7 Å². The van der Waals surface area contributed by atoms with E-state index in [1.54, 1.807) is 0 Å². The molecule has 2 atom stereocenters. The first-order valence-electron chi connectivity index (χ1n) is 4.33. The van der Waals surface area contributed by atoms with E-state index >= 15 is 0 Å². The molecule has 0 spiro atoms. The number of halogens is 1. The fourth-order valence-corrected chi connectivity index (χ4v) is 0.759. The summed E-state index contributed by atoms with van der Waals surface area (Å²) in [6.07, 6.45) is 1.01. The highest BCUT2D eigenvalue weighted by Crippen LogP contribution is 2.05. The average Bonchev–Trinajstić information content (AvgIpc) is 2.27. The summed E-state index contributed by atoms with van der Waals surface area (Å²) in [6.45, 7) is 3.86. The highest BCUT2D eigenvalue weighted by molar-refractivity contribution is 5.73. The summed E-state index contributed by atoms with van der Waals surface area (Å²) in [7, 11) is 1.77. The number of hydrogen-bond donors (Lipinski definition) is 1. The third-order valence-corrected chi connectivity index (χ3v) is 1.87. The van der Waals surface area contributed by atoms with Gasteiger partial charge in [-0.25, -0.2) is 4.79 Å². The van der Waals surface area contributed by atoms with Gasteiger partial charge in [0.15, 0.2) is 0 Å². The van der Waals surface area contributed by atoms with Gasteiger partial charge in [-0.3, -0.25) is 4.39 Å². The van der Waals surface area contributed by atoms with Crippen LogP contribution in [-0.4, -0.2) is 32.7 Å². The summed E-state index contributed by atoms with van der Waals surface area (Å²) >= 11 is 0. The molecule has 0 heterocycles. The van der Waals surface area contributed by atoms with Gasteiger partial charge in [0.05, 0.1) is 20.3 Å². The number of nitrogens with one attached hydrogen (secondary N) is 1. The second-order valence-corrected chi connectivity index (χ2v) is 2.68. The summed E-state index contributed by atoms with van der Waals surface area (Å²) in [5, 5.41) is 2.44. The van der Waals surface area contributed by atoms with Crippen LogP contribution in [0.2, 0.25) is 0 Å². The van der Waals surface area contributed by atoms with Crippen LogP contribution in [0, 0.1) is 5.92 Å². The second kappa shape index (κ2) is 9.95.